The van der Waals surface area contributed by atoms with Crippen LogP contribution in [-0.2, 0) is 11.3 Å². The Labute approximate surface area is 112 Å². The molecule has 0 spiro atoms. The fraction of sp³-hybridized carbons (Fsp3) is 0.500. The molecule has 1 atom stereocenters. The summed E-state index contributed by atoms with van der Waals surface area (Å²) >= 11 is 0. The number of rotatable bonds is 4. The zero-order valence-corrected chi connectivity index (χ0v) is 11.0. The van der Waals surface area contributed by atoms with Crippen molar-refractivity contribution in [1.82, 2.24) is 4.90 Å². The van der Waals surface area contributed by atoms with Crippen molar-refractivity contribution < 1.29 is 9.72 Å². The monoisotopic (exact) mass is 262 g/mol. The molecule has 0 saturated carbocycles. The topological polar surface area (TPSA) is 63.5 Å². The van der Waals surface area contributed by atoms with Gasteiger partial charge in [0.15, 0.2) is 0 Å². The summed E-state index contributed by atoms with van der Waals surface area (Å²) in [6, 6.07) is 5.08. The van der Waals surface area contributed by atoms with Crippen molar-refractivity contribution in [3.8, 4) is 0 Å². The highest BCUT2D eigenvalue weighted by Gasteiger charge is 2.23. The average Bonchev–Trinajstić information content (AvgIpc) is 2.41. The molecular formula is C14H18N2O3. The minimum atomic E-state index is -0.355. The Bertz CT molecular complexity index is 488. The molecule has 5 nitrogen and oxygen atoms in total. The maximum atomic E-state index is 11.1. The predicted molar refractivity (Wildman–Crippen MR) is 71.9 cm³/mol. The van der Waals surface area contributed by atoms with Gasteiger partial charge in [-0.1, -0.05) is 18.6 Å². The summed E-state index contributed by atoms with van der Waals surface area (Å²) in [7, 11) is 0. The predicted octanol–water partition coefficient (Wildman–Crippen LogP) is 2.46. The second-order valence-corrected chi connectivity index (χ2v) is 4.99. The van der Waals surface area contributed by atoms with Gasteiger partial charge in [-0.2, -0.15) is 0 Å². The average molecular weight is 262 g/mol. The van der Waals surface area contributed by atoms with Gasteiger partial charge in [0, 0.05) is 18.2 Å². The highest BCUT2D eigenvalue weighted by Crippen LogP contribution is 2.24. The minimum Gasteiger partial charge on any atom is -0.302 e. The van der Waals surface area contributed by atoms with Gasteiger partial charge in [-0.25, -0.2) is 0 Å². The number of carbonyl (C=O) groups is 1. The molecule has 0 aromatic heterocycles. The maximum Gasteiger partial charge on any atom is 0.272 e. The molecule has 1 aromatic carbocycles. The molecule has 2 rings (SSSR count). The summed E-state index contributed by atoms with van der Waals surface area (Å²) in [4.78, 5) is 23.8. The van der Waals surface area contributed by atoms with E-state index >= 15 is 0 Å². The van der Waals surface area contributed by atoms with E-state index in [2.05, 4.69) is 4.90 Å². The quantitative estimate of drug-likeness (QED) is 0.475. The lowest BCUT2D eigenvalue weighted by molar-refractivity contribution is -0.385. The maximum absolute atomic E-state index is 11.1. The lowest BCUT2D eigenvalue weighted by Crippen LogP contribution is -2.40. The Hall–Kier alpha value is -1.75. The number of likely N-dealkylation sites (tertiary alicyclic amines) is 1. The number of carbonyl (C=O) groups excluding carboxylic acids is 1. The first-order chi connectivity index (χ1) is 9.13. The van der Waals surface area contributed by atoms with E-state index in [0.29, 0.717) is 12.1 Å². The summed E-state index contributed by atoms with van der Waals surface area (Å²) in [5.74, 6) is 0. The number of benzene rings is 1. The summed E-state index contributed by atoms with van der Waals surface area (Å²) in [5, 5.41) is 10.9. The summed E-state index contributed by atoms with van der Waals surface area (Å²) < 4.78 is 0. The molecule has 1 aliphatic heterocycles. The Kier molecular flexibility index (Phi) is 4.27. The van der Waals surface area contributed by atoms with Gasteiger partial charge in [0.05, 0.1) is 11.0 Å². The van der Waals surface area contributed by atoms with Crippen molar-refractivity contribution in [2.45, 2.75) is 38.8 Å². The van der Waals surface area contributed by atoms with Crippen LogP contribution in [0.15, 0.2) is 18.2 Å². The van der Waals surface area contributed by atoms with E-state index in [4.69, 9.17) is 0 Å². The van der Waals surface area contributed by atoms with E-state index in [9.17, 15) is 14.9 Å². The van der Waals surface area contributed by atoms with Crippen LogP contribution in [0.1, 0.15) is 30.4 Å². The van der Waals surface area contributed by atoms with Crippen molar-refractivity contribution in [2.24, 2.45) is 0 Å². The van der Waals surface area contributed by atoms with Crippen molar-refractivity contribution in [3.05, 3.63) is 39.4 Å². The molecule has 0 N–H and O–H groups in total. The Morgan fingerprint density at radius 3 is 2.95 bits per heavy atom. The molecule has 0 amide bonds. The van der Waals surface area contributed by atoms with E-state index < -0.39 is 0 Å². The minimum absolute atomic E-state index is 0.0487. The first-order valence-corrected chi connectivity index (χ1v) is 6.55. The van der Waals surface area contributed by atoms with Gasteiger partial charge >= 0.3 is 0 Å². The van der Waals surface area contributed by atoms with E-state index in [-0.39, 0.29) is 16.7 Å². The van der Waals surface area contributed by atoms with Gasteiger partial charge < -0.3 is 4.79 Å². The molecule has 19 heavy (non-hydrogen) atoms. The smallest absolute Gasteiger partial charge is 0.272 e. The molecule has 1 saturated heterocycles. The van der Waals surface area contributed by atoms with E-state index in [0.717, 1.165) is 37.7 Å². The Morgan fingerprint density at radius 1 is 1.47 bits per heavy atom. The van der Waals surface area contributed by atoms with Crippen LogP contribution in [0.2, 0.25) is 0 Å². The molecule has 1 heterocycles. The number of piperidine rings is 1. The normalized spacial score (nSPS) is 20.2. The van der Waals surface area contributed by atoms with Crippen molar-refractivity contribution >= 4 is 12.0 Å². The molecule has 1 aliphatic rings. The number of nitro benzene ring substituents is 1. The molecule has 1 unspecified atom stereocenters. The zero-order valence-electron chi connectivity index (χ0n) is 11.0. The van der Waals surface area contributed by atoms with Crippen LogP contribution in [0.3, 0.4) is 0 Å². The number of nitro groups is 1. The van der Waals surface area contributed by atoms with Gasteiger partial charge in [0.1, 0.15) is 6.29 Å². The lowest BCUT2D eigenvalue weighted by Gasteiger charge is -2.32. The third-order valence-corrected chi connectivity index (χ3v) is 3.81. The molecular weight excluding hydrogens is 244 g/mol. The molecule has 0 bridgehead atoms. The van der Waals surface area contributed by atoms with Crippen LogP contribution in [0.5, 0.6) is 0 Å². The van der Waals surface area contributed by atoms with Crippen LogP contribution >= 0.6 is 0 Å². The Morgan fingerprint density at radius 2 is 2.26 bits per heavy atom. The van der Waals surface area contributed by atoms with Gasteiger partial charge in [-0.3, -0.25) is 15.0 Å². The van der Waals surface area contributed by atoms with E-state index in [1.165, 1.54) is 6.07 Å². The van der Waals surface area contributed by atoms with Gasteiger partial charge in [0.2, 0.25) is 0 Å². The standard InChI is InChI=1S/C14H18N2O3/c1-11-12(5-4-7-14(11)16(18)19)9-15-8-3-2-6-13(15)10-17/h4-5,7,10,13H,2-3,6,8-9H2,1H3. The summed E-state index contributed by atoms with van der Waals surface area (Å²) in [6.07, 6.45) is 4.04. The molecule has 1 aromatic rings. The van der Waals surface area contributed by atoms with Crippen molar-refractivity contribution in [2.75, 3.05) is 6.54 Å². The van der Waals surface area contributed by atoms with Crippen molar-refractivity contribution in [3.63, 3.8) is 0 Å². The number of hydrogen-bond donors (Lipinski definition) is 0. The third kappa shape index (κ3) is 2.98. The van der Waals surface area contributed by atoms with Gasteiger partial charge in [0.25, 0.3) is 5.69 Å². The highest BCUT2D eigenvalue weighted by atomic mass is 16.6. The van der Waals surface area contributed by atoms with Crippen LogP contribution in [0.4, 0.5) is 5.69 Å². The van der Waals surface area contributed by atoms with Crippen LogP contribution in [-0.4, -0.2) is 28.7 Å². The lowest BCUT2D eigenvalue weighted by atomic mass is 10.0. The molecule has 0 aliphatic carbocycles. The first-order valence-electron chi connectivity index (χ1n) is 6.55. The highest BCUT2D eigenvalue weighted by molar-refractivity contribution is 5.57. The second kappa shape index (κ2) is 5.93. The molecule has 1 fully saturated rings. The summed E-state index contributed by atoms with van der Waals surface area (Å²) in [6.45, 7) is 3.26. The SMILES string of the molecule is Cc1c(CN2CCCCC2C=O)cccc1[N+](=O)[O-]. The number of hydrogen-bond acceptors (Lipinski definition) is 4. The molecule has 5 heteroatoms. The van der Waals surface area contributed by atoms with Gasteiger partial charge in [-0.05, 0) is 31.9 Å². The first kappa shape index (κ1) is 13.7. The number of nitrogens with zero attached hydrogens (tertiary/aromatic N) is 2. The van der Waals surface area contributed by atoms with E-state index in [1.807, 2.05) is 6.07 Å². The Balaban J connectivity index is 2.20. The molecule has 102 valence electrons. The van der Waals surface area contributed by atoms with Crippen LogP contribution < -0.4 is 0 Å². The number of aldehydes is 1. The van der Waals surface area contributed by atoms with Crippen LogP contribution in [0.25, 0.3) is 0 Å². The second-order valence-electron chi connectivity index (χ2n) is 4.99. The van der Waals surface area contributed by atoms with E-state index in [1.54, 1.807) is 13.0 Å². The third-order valence-electron chi connectivity index (χ3n) is 3.81. The largest absolute Gasteiger partial charge is 0.302 e. The van der Waals surface area contributed by atoms with Crippen molar-refractivity contribution in [1.29, 1.82) is 0 Å². The fourth-order valence-corrected chi connectivity index (χ4v) is 2.62. The summed E-state index contributed by atoms with van der Waals surface area (Å²) in [5.41, 5.74) is 1.78. The molecule has 0 radical (unpaired) electrons. The zero-order chi connectivity index (χ0) is 13.8. The fourth-order valence-electron chi connectivity index (χ4n) is 2.62. The van der Waals surface area contributed by atoms with Crippen LogP contribution in [0, 0.1) is 17.0 Å². The van der Waals surface area contributed by atoms with Gasteiger partial charge in [-0.15, -0.1) is 0 Å².